The summed E-state index contributed by atoms with van der Waals surface area (Å²) >= 11 is 0. The Balaban J connectivity index is 2.13. The van der Waals surface area contributed by atoms with Crippen LogP contribution in [0.5, 0.6) is 11.5 Å². The highest BCUT2D eigenvalue weighted by Gasteiger charge is 2.30. The van der Waals surface area contributed by atoms with Gasteiger partial charge < -0.3 is 4.74 Å². The van der Waals surface area contributed by atoms with Gasteiger partial charge in [0, 0.05) is 0 Å². The first-order chi connectivity index (χ1) is 8.99. The Labute approximate surface area is 106 Å². The molecule has 0 aliphatic heterocycles. The van der Waals surface area contributed by atoms with Crippen LogP contribution in [0, 0.1) is 11.3 Å². The van der Waals surface area contributed by atoms with Crippen LogP contribution >= 0.6 is 0 Å². The molecule has 0 spiro atoms. The van der Waals surface area contributed by atoms with Crippen molar-refractivity contribution in [2.45, 2.75) is 6.18 Å². The lowest BCUT2D eigenvalue weighted by molar-refractivity contribution is -0.137. The van der Waals surface area contributed by atoms with Crippen LogP contribution in [0.2, 0.25) is 0 Å². The third kappa shape index (κ3) is 3.22. The molecular weight excluding hydrogens is 257 g/mol. The fourth-order valence-corrected chi connectivity index (χ4v) is 1.35. The van der Waals surface area contributed by atoms with E-state index in [0.29, 0.717) is 5.75 Å². The van der Waals surface area contributed by atoms with E-state index < -0.39 is 11.7 Å². The fraction of sp³-hybridized carbons (Fsp3) is 0.0769. The molecule has 96 valence electrons. The zero-order valence-electron chi connectivity index (χ0n) is 9.48. The first-order valence-corrected chi connectivity index (χ1v) is 5.20. The Morgan fingerprint density at radius 3 is 2.11 bits per heavy atom. The van der Waals surface area contributed by atoms with Crippen molar-refractivity contribution < 1.29 is 17.9 Å². The van der Waals surface area contributed by atoms with Crippen molar-refractivity contribution >= 4 is 0 Å². The van der Waals surface area contributed by atoms with Crippen molar-refractivity contribution in [2.24, 2.45) is 0 Å². The van der Waals surface area contributed by atoms with Crippen LogP contribution in [0.1, 0.15) is 11.3 Å². The molecule has 0 unspecified atom stereocenters. The monoisotopic (exact) mass is 264 g/mol. The first-order valence-electron chi connectivity index (χ1n) is 5.20. The quantitative estimate of drug-likeness (QED) is 0.829. The van der Waals surface area contributed by atoms with Crippen molar-refractivity contribution in [3.05, 3.63) is 53.9 Å². The van der Waals surface area contributed by atoms with Gasteiger partial charge in [0.05, 0.1) is 11.8 Å². The third-order valence-electron chi connectivity index (χ3n) is 2.27. The van der Waals surface area contributed by atoms with E-state index in [-0.39, 0.29) is 11.4 Å². The minimum atomic E-state index is -4.37. The lowest BCUT2D eigenvalue weighted by atomic mass is 10.2. The molecule has 0 aliphatic carbocycles. The molecule has 2 rings (SSSR count). The van der Waals surface area contributed by atoms with Crippen LogP contribution < -0.4 is 4.74 Å². The van der Waals surface area contributed by atoms with Gasteiger partial charge in [0.1, 0.15) is 23.3 Å². The highest BCUT2D eigenvalue weighted by molar-refractivity contribution is 5.34. The van der Waals surface area contributed by atoms with Gasteiger partial charge in [-0.15, -0.1) is 0 Å². The van der Waals surface area contributed by atoms with Gasteiger partial charge in [-0.3, -0.25) is 0 Å². The Kier molecular flexibility index (Phi) is 3.38. The SMILES string of the molecule is N#Cc1ccc(Oc2ccc(C(F)(F)F)cc2)cn1. The van der Waals surface area contributed by atoms with Crippen LogP contribution in [-0.2, 0) is 6.18 Å². The number of pyridine rings is 1. The molecule has 19 heavy (non-hydrogen) atoms. The number of nitrogens with zero attached hydrogens (tertiary/aromatic N) is 2. The van der Waals surface area contributed by atoms with Crippen molar-refractivity contribution in [3.8, 4) is 17.6 Å². The van der Waals surface area contributed by atoms with Gasteiger partial charge in [-0.1, -0.05) is 0 Å². The zero-order valence-corrected chi connectivity index (χ0v) is 9.48. The van der Waals surface area contributed by atoms with Crippen molar-refractivity contribution in [1.82, 2.24) is 4.98 Å². The summed E-state index contributed by atoms with van der Waals surface area (Å²) in [6, 6.07) is 9.15. The first kappa shape index (κ1) is 12.9. The molecule has 3 nitrogen and oxygen atoms in total. The largest absolute Gasteiger partial charge is 0.456 e. The maximum atomic E-state index is 12.3. The van der Waals surface area contributed by atoms with Crippen molar-refractivity contribution in [1.29, 1.82) is 5.26 Å². The predicted molar refractivity (Wildman–Crippen MR) is 60.5 cm³/mol. The van der Waals surface area contributed by atoms with Crippen molar-refractivity contribution in [2.75, 3.05) is 0 Å². The van der Waals surface area contributed by atoms with E-state index in [1.165, 1.54) is 30.5 Å². The maximum absolute atomic E-state index is 12.3. The molecule has 0 bridgehead atoms. The molecule has 1 aromatic carbocycles. The topological polar surface area (TPSA) is 45.9 Å². The number of hydrogen-bond acceptors (Lipinski definition) is 3. The Hall–Kier alpha value is -2.55. The second kappa shape index (κ2) is 4.98. The number of nitriles is 1. The molecule has 0 aliphatic rings. The molecular formula is C13H7F3N2O. The average Bonchev–Trinajstić information content (AvgIpc) is 2.39. The van der Waals surface area contributed by atoms with E-state index in [0.717, 1.165) is 12.1 Å². The molecule has 0 fully saturated rings. The number of benzene rings is 1. The summed E-state index contributed by atoms with van der Waals surface area (Å²) in [5.74, 6) is 0.610. The minimum absolute atomic E-state index is 0.236. The maximum Gasteiger partial charge on any atom is 0.416 e. The molecule has 2 aromatic rings. The van der Waals surface area contributed by atoms with Gasteiger partial charge in [-0.25, -0.2) is 4.98 Å². The van der Waals surface area contributed by atoms with Crippen LogP contribution in [0.3, 0.4) is 0 Å². The summed E-state index contributed by atoms with van der Waals surface area (Å²) in [4.78, 5) is 3.78. The van der Waals surface area contributed by atoms with E-state index in [1.54, 1.807) is 0 Å². The van der Waals surface area contributed by atoms with Gasteiger partial charge in [0.2, 0.25) is 0 Å². The van der Waals surface area contributed by atoms with E-state index in [9.17, 15) is 13.2 Å². The lowest BCUT2D eigenvalue weighted by Crippen LogP contribution is -2.03. The lowest BCUT2D eigenvalue weighted by Gasteiger charge is -2.08. The van der Waals surface area contributed by atoms with Crippen LogP contribution in [0.15, 0.2) is 42.6 Å². The third-order valence-corrected chi connectivity index (χ3v) is 2.27. The van der Waals surface area contributed by atoms with Crippen molar-refractivity contribution in [3.63, 3.8) is 0 Å². The van der Waals surface area contributed by atoms with E-state index in [1.807, 2.05) is 6.07 Å². The summed E-state index contributed by atoms with van der Waals surface area (Å²) in [5.41, 5.74) is -0.502. The molecule has 0 saturated heterocycles. The molecule has 0 radical (unpaired) electrons. The fourth-order valence-electron chi connectivity index (χ4n) is 1.35. The van der Waals surface area contributed by atoms with Gasteiger partial charge in [0.25, 0.3) is 0 Å². The van der Waals surface area contributed by atoms with Gasteiger partial charge in [-0.05, 0) is 36.4 Å². The van der Waals surface area contributed by atoms with Gasteiger partial charge >= 0.3 is 6.18 Å². The molecule has 6 heteroatoms. The van der Waals surface area contributed by atoms with E-state index in [4.69, 9.17) is 10.00 Å². The molecule has 0 saturated carbocycles. The van der Waals surface area contributed by atoms with Crippen LogP contribution in [0.25, 0.3) is 0 Å². The Morgan fingerprint density at radius 2 is 1.63 bits per heavy atom. The summed E-state index contributed by atoms with van der Waals surface area (Å²) in [6.45, 7) is 0. The standard InChI is InChI=1S/C13H7F3N2O/c14-13(15,16)9-1-4-11(5-2-9)19-12-6-3-10(7-17)18-8-12/h1-6,8H. The molecule has 0 amide bonds. The second-order valence-electron chi connectivity index (χ2n) is 3.62. The van der Waals surface area contributed by atoms with Crippen LogP contribution in [-0.4, -0.2) is 4.98 Å². The predicted octanol–water partition coefficient (Wildman–Crippen LogP) is 3.76. The van der Waals surface area contributed by atoms with E-state index >= 15 is 0 Å². The summed E-state index contributed by atoms with van der Waals surface area (Å²) in [5, 5.41) is 8.57. The highest BCUT2D eigenvalue weighted by atomic mass is 19.4. The number of hydrogen-bond donors (Lipinski definition) is 0. The normalized spacial score (nSPS) is 10.8. The van der Waals surface area contributed by atoms with Crippen LogP contribution in [0.4, 0.5) is 13.2 Å². The molecule has 0 atom stereocenters. The zero-order chi connectivity index (χ0) is 13.9. The molecule has 0 N–H and O–H groups in total. The summed E-state index contributed by atoms with van der Waals surface area (Å²) in [7, 11) is 0. The van der Waals surface area contributed by atoms with Gasteiger partial charge in [0.15, 0.2) is 0 Å². The molecule has 1 heterocycles. The number of aromatic nitrogens is 1. The van der Waals surface area contributed by atoms with Gasteiger partial charge in [-0.2, -0.15) is 18.4 Å². The number of alkyl halides is 3. The number of rotatable bonds is 2. The summed E-state index contributed by atoms with van der Waals surface area (Å²) in [6.07, 6.45) is -3.04. The number of ether oxygens (including phenoxy) is 1. The van der Waals surface area contributed by atoms with E-state index in [2.05, 4.69) is 4.98 Å². The average molecular weight is 264 g/mol. The number of halogens is 3. The Morgan fingerprint density at radius 1 is 1.00 bits per heavy atom. The smallest absolute Gasteiger partial charge is 0.416 e. The Bertz CT molecular complexity index is 598. The summed E-state index contributed by atoms with van der Waals surface area (Å²) < 4.78 is 42.4. The minimum Gasteiger partial charge on any atom is -0.456 e. The molecule has 1 aromatic heterocycles. The highest BCUT2D eigenvalue weighted by Crippen LogP contribution is 2.31. The second-order valence-corrected chi connectivity index (χ2v) is 3.62.